The summed E-state index contributed by atoms with van der Waals surface area (Å²) in [5.41, 5.74) is 3.37. The Labute approximate surface area is 134 Å². The standard InChI is InChI=1S/C18H19NO4/c1-12-8-9-15(10-13(12)2)16(17(20)21)19-18(22)23-11-14-6-4-3-5-7-14/h3-10,16H,11H2,1-2H3,(H,19,22)(H,20,21). The highest BCUT2D eigenvalue weighted by Crippen LogP contribution is 2.18. The molecule has 0 heterocycles. The number of carbonyl (C=O) groups is 2. The second-order valence-corrected chi connectivity index (χ2v) is 5.32. The Bertz CT molecular complexity index is 697. The molecule has 1 amide bonds. The molecule has 1 unspecified atom stereocenters. The summed E-state index contributed by atoms with van der Waals surface area (Å²) < 4.78 is 5.07. The van der Waals surface area contributed by atoms with E-state index in [9.17, 15) is 14.7 Å². The number of aliphatic carboxylic acids is 1. The van der Waals surface area contributed by atoms with Crippen molar-refractivity contribution in [1.82, 2.24) is 5.32 Å². The molecule has 2 aromatic carbocycles. The van der Waals surface area contributed by atoms with Gasteiger partial charge in [0.25, 0.3) is 0 Å². The van der Waals surface area contributed by atoms with E-state index in [4.69, 9.17) is 4.74 Å². The number of rotatable bonds is 5. The first kappa shape index (κ1) is 16.5. The number of carboxylic acid groups (broad SMARTS) is 1. The van der Waals surface area contributed by atoms with E-state index in [1.54, 1.807) is 12.1 Å². The predicted octanol–water partition coefficient (Wildman–Crippen LogP) is 3.36. The lowest BCUT2D eigenvalue weighted by Gasteiger charge is -2.16. The van der Waals surface area contributed by atoms with Crippen molar-refractivity contribution in [3.63, 3.8) is 0 Å². The molecule has 0 aliphatic carbocycles. The van der Waals surface area contributed by atoms with Gasteiger partial charge in [-0.1, -0.05) is 48.5 Å². The summed E-state index contributed by atoms with van der Waals surface area (Å²) in [5, 5.41) is 11.7. The number of hydrogen-bond donors (Lipinski definition) is 2. The van der Waals surface area contributed by atoms with Crippen molar-refractivity contribution < 1.29 is 19.4 Å². The molecule has 0 bridgehead atoms. The van der Waals surface area contributed by atoms with Crippen LogP contribution >= 0.6 is 0 Å². The third-order valence-electron chi connectivity index (χ3n) is 3.59. The number of carbonyl (C=O) groups excluding carboxylic acids is 1. The second-order valence-electron chi connectivity index (χ2n) is 5.32. The summed E-state index contributed by atoms with van der Waals surface area (Å²) in [6.07, 6.45) is -0.764. The molecule has 0 saturated heterocycles. The number of alkyl carbamates (subject to hydrolysis) is 1. The van der Waals surface area contributed by atoms with E-state index in [2.05, 4.69) is 5.32 Å². The molecule has 2 aromatic rings. The van der Waals surface area contributed by atoms with Crippen LogP contribution in [0.25, 0.3) is 0 Å². The molecule has 0 aliphatic heterocycles. The van der Waals surface area contributed by atoms with Gasteiger partial charge in [-0.15, -0.1) is 0 Å². The minimum atomic E-state index is -1.14. The molecule has 23 heavy (non-hydrogen) atoms. The molecule has 2 rings (SSSR count). The average Bonchev–Trinajstić information content (AvgIpc) is 2.54. The van der Waals surface area contributed by atoms with Crippen molar-refractivity contribution in [3.05, 3.63) is 70.8 Å². The zero-order chi connectivity index (χ0) is 16.8. The summed E-state index contributed by atoms with van der Waals surface area (Å²) in [7, 11) is 0. The maximum Gasteiger partial charge on any atom is 0.408 e. The topological polar surface area (TPSA) is 75.6 Å². The minimum absolute atomic E-state index is 0.0892. The molecule has 5 nitrogen and oxygen atoms in total. The van der Waals surface area contributed by atoms with Crippen LogP contribution in [0.2, 0.25) is 0 Å². The highest BCUT2D eigenvalue weighted by Gasteiger charge is 2.23. The lowest BCUT2D eigenvalue weighted by Crippen LogP contribution is -2.34. The van der Waals surface area contributed by atoms with Crippen molar-refractivity contribution in [3.8, 4) is 0 Å². The van der Waals surface area contributed by atoms with Crippen LogP contribution in [0.5, 0.6) is 0 Å². The second kappa shape index (κ2) is 7.45. The first-order valence-electron chi connectivity index (χ1n) is 7.24. The number of amides is 1. The van der Waals surface area contributed by atoms with E-state index in [1.807, 2.05) is 50.2 Å². The van der Waals surface area contributed by atoms with E-state index >= 15 is 0 Å². The van der Waals surface area contributed by atoms with Crippen LogP contribution < -0.4 is 5.32 Å². The van der Waals surface area contributed by atoms with Crippen LogP contribution in [0.3, 0.4) is 0 Å². The van der Waals surface area contributed by atoms with E-state index in [-0.39, 0.29) is 6.61 Å². The maximum absolute atomic E-state index is 11.9. The summed E-state index contributed by atoms with van der Waals surface area (Å²) in [4.78, 5) is 23.3. The molecule has 0 aromatic heterocycles. The van der Waals surface area contributed by atoms with Crippen LogP contribution in [-0.4, -0.2) is 17.2 Å². The van der Waals surface area contributed by atoms with E-state index in [0.29, 0.717) is 5.56 Å². The highest BCUT2D eigenvalue weighted by atomic mass is 16.5. The van der Waals surface area contributed by atoms with Crippen molar-refractivity contribution in [2.75, 3.05) is 0 Å². The molecule has 0 spiro atoms. The molecule has 2 N–H and O–H groups in total. The Kier molecular flexibility index (Phi) is 5.36. The fourth-order valence-electron chi connectivity index (χ4n) is 2.11. The number of nitrogens with one attached hydrogen (secondary N) is 1. The normalized spacial score (nSPS) is 11.6. The van der Waals surface area contributed by atoms with Crippen LogP contribution in [0.1, 0.15) is 28.3 Å². The number of carboxylic acids is 1. The Morgan fingerprint density at radius 3 is 2.39 bits per heavy atom. The van der Waals surface area contributed by atoms with Crippen molar-refractivity contribution in [2.24, 2.45) is 0 Å². The molecule has 0 aliphatic rings. The smallest absolute Gasteiger partial charge is 0.408 e. The van der Waals surface area contributed by atoms with Crippen molar-refractivity contribution in [1.29, 1.82) is 0 Å². The van der Waals surface area contributed by atoms with E-state index < -0.39 is 18.1 Å². The van der Waals surface area contributed by atoms with Gasteiger partial charge in [-0.05, 0) is 36.1 Å². The first-order chi connectivity index (χ1) is 11.0. The fourth-order valence-corrected chi connectivity index (χ4v) is 2.11. The van der Waals surface area contributed by atoms with Gasteiger partial charge in [-0.3, -0.25) is 0 Å². The van der Waals surface area contributed by atoms with Gasteiger partial charge in [0.15, 0.2) is 6.04 Å². The molecule has 0 radical (unpaired) electrons. The van der Waals surface area contributed by atoms with Gasteiger partial charge >= 0.3 is 12.1 Å². The molecular formula is C18H19NO4. The maximum atomic E-state index is 11.9. The quantitative estimate of drug-likeness (QED) is 0.887. The minimum Gasteiger partial charge on any atom is -0.479 e. The molecule has 120 valence electrons. The third-order valence-corrected chi connectivity index (χ3v) is 3.59. The van der Waals surface area contributed by atoms with Crippen LogP contribution in [0.15, 0.2) is 48.5 Å². The Morgan fingerprint density at radius 1 is 1.09 bits per heavy atom. The van der Waals surface area contributed by atoms with E-state index in [0.717, 1.165) is 16.7 Å². The van der Waals surface area contributed by atoms with Gasteiger partial charge in [-0.25, -0.2) is 9.59 Å². The number of aryl methyl sites for hydroxylation is 2. The zero-order valence-corrected chi connectivity index (χ0v) is 13.1. The molecule has 1 atom stereocenters. The average molecular weight is 313 g/mol. The number of benzene rings is 2. The van der Waals surface area contributed by atoms with Crippen molar-refractivity contribution >= 4 is 12.1 Å². The molecule has 0 fully saturated rings. The van der Waals surface area contributed by atoms with Gasteiger partial charge in [0.2, 0.25) is 0 Å². The number of hydrogen-bond acceptors (Lipinski definition) is 3. The lowest BCUT2D eigenvalue weighted by atomic mass is 10.0. The first-order valence-corrected chi connectivity index (χ1v) is 7.24. The highest BCUT2D eigenvalue weighted by molar-refractivity contribution is 5.81. The fraction of sp³-hybridized carbons (Fsp3) is 0.222. The summed E-state index contributed by atoms with van der Waals surface area (Å²) in [5.74, 6) is -1.13. The molecule has 5 heteroatoms. The predicted molar refractivity (Wildman–Crippen MR) is 86.1 cm³/mol. The van der Waals surface area contributed by atoms with Crippen molar-refractivity contribution in [2.45, 2.75) is 26.5 Å². The zero-order valence-electron chi connectivity index (χ0n) is 13.1. The van der Waals surface area contributed by atoms with Crippen LogP contribution in [-0.2, 0) is 16.1 Å². The molecular weight excluding hydrogens is 294 g/mol. The summed E-state index contributed by atoms with van der Waals surface area (Å²) in [6, 6.07) is 13.3. The lowest BCUT2D eigenvalue weighted by molar-refractivity contribution is -0.139. The van der Waals surface area contributed by atoms with Crippen LogP contribution in [0, 0.1) is 13.8 Å². The Hall–Kier alpha value is -2.82. The largest absolute Gasteiger partial charge is 0.479 e. The number of ether oxygens (including phenoxy) is 1. The van der Waals surface area contributed by atoms with E-state index in [1.165, 1.54) is 0 Å². The SMILES string of the molecule is Cc1ccc(C(NC(=O)OCc2ccccc2)C(=O)O)cc1C. The Morgan fingerprint density at radius 2 is 1.78 bits per heavy atom. The molecule has 0 saturated carbocycles. The summed E-state index contributed by atoms with van der Waals surface area (Å²) in [6.45, 7) is 3.92. The van der Waals surface area contributed by atoms with Gasteiger partial charge in [0.1, 0.15) is 6.61 Å². The van der Waals surface area contributed by atoms with Crippen LogP contribution in [0.4, 0.5) is 4.79 Å². The monoisotopic (exact) mass is 313 g/mol. The third kappa shape index (κ3) is 4.57. The van der Waals surface area contributed by atoms with Gasteiger partial charge in [0, 0.05) is 0 Å². The van der Waals surface area contributed by atoms with Gasteiger partial charge < -0.3 is 15.2 Å². The van der Waals surface area contributed by atoms with Gasteiger partial charge in [-0.2, -0.15) is 0 Å². The van der Waals surface area contributed by atoms with Gasteiger partial charge in [0.05, 0.1) is 0 Å². The summed E-state index contributed by atoms with van der Waals surface area (Å²) >= 11 is 0. The Balaban J connectivity index is 2.02.